The lowest BCUT2D eigenvalue weighted by Gasteiger charge is -2.22. The number of aromatic nitrogens is 2. The molecule has 0 radical (unpaired) electrons. The second-order valence-corrected chi connectivity index (χ2v) is 5.68. The molecule has 3 rings (SSSR count). The van der Waals surface area contributed by atoms with Gasteiger partial charge < -0.3 is 14.9 Å². The van der Waals surface area contributed by atoms with Crippen LogP contribution >= 0.6 is 11.3 Å². The van der Waals surface area contributed by atoms with Gasteiger partial charge in [0.05, 0.1) is 25.2 Å². The second kappa shape index (κ2) is 5.01. The number of aryl methyl sites for hydroxylation is 2. The van der Waals surface area contributed by atoms with Gasteiger partial charge >= 0.3 is 0 Å². The van der Waals surface area contributed by atoms with Gasteiger partial charge in [-0.3, -0.25) is 0 Å². The summed E-state index contributed by atoms with van der Waals surface area (Å²) >= 11 is 1.64. The summed E-state index contributed by atoms with van der Waals surface area (Å²) < 4.78 is 11.0. The number of thiophene rings is 1. The Labute approximate surface area is 114 Å². The minimum atomic E-state index is -0.215. The minimum Gasteiger partial charge on any atom is -0.376 e. The number of nitrogen functional groups attached to an aromatic ring is 1. The van der Waals surface area contributed by atoms with Crippen LogP contribution in [0.1, 0.15) is 22.4 Å². The van der Waals surface area contributed by atoms with Crippen LogP contribution in [0.15, 0.2) is 0 Å². The van der Waals surface area contributed by atoms with Gasteiger partial charge in [0.15, 0.2) is 11.6 Å². The quantitative estimate of drug-likeness (QED) is 0.643. The number of hydrogen-bond donors (Lipinski definition) is 2. The topological polar surface area (TPSA) is 82.3 Å². The fraction of sp³-hybridized carbons (Fsp3) is 0.500. The maximum Gasteiger partial charge on any atom is 0.163 e. The highest BCUT2D eigenvalue weighted by Crippen LogP contribution is 2.34. The summed E-state index contributed by atoms with van der Waals surface area (Å²) in [6.45, 7) is 5.80. The van der Waals surface area contributed by atoms with Crippen LogP contribution in [0, 0.1) is 13.8 Å². The van der Waals surface area contributed by atoms with Crippen molar-refractivity contribution >= 4 is 27.4 Å². The standard InChI is InChI=1S/C12H16N4O2S/c1-6-7(2)19-12-9(6)11(16-13)14-10(15-12)8-5-17-3-4-18-8/h8H,3-5,13H2,1-2H3,(H,14,15,16). The predicted octanol–water partition coefficient (Wildman–Crippen LogP) is 1.68. The first-order chi connectivity index (χ1) is 9.20. The van der Waals surface area contributed by atoms with Crippen LogP contribution in [0.25, 0.3) is 10.2 Å². The molecular formula is C12H16N4O2S. The molecule has 6 nitrogen and oxygen atoms in total. The number of nitrogens with two attached hydrogens (primary N) is 1. The van der Waals surface area contributed by atoms with Gasteiger partial charge in [-0.2, -0.15) is 0 Å². The average Bonchev–Trinajstić information content (AvgIpc) is 2.74. The summed E-state index contributed by atoms with van der Waals surface area (Å²) in [5.41, 5.74) is 3.83. The first-order valence-electron chi connectivity index (χ1n) is 6.14. The third-order valence-corrected chi connectivity index (χ3v) is 4.39. The van der Waals surface area contributed by atoms with E-state index in [-0.39, 0.29) is 6.10 Å². The lowest BCUT2D eigenvalue weighted by Crippen LogP contribution is -2.24. The zero-order chi connectivity index (χ0) is 13.4. The molecule has 102 valence electrons. The number of ether oxygens (including phenoxy) is 2. The van der Waals surface area contributed by atoms with E-state index in [1.54, 1.807) is 11.3 Å². The van der Waals surface area contributed by atoms with Crippen molar-refractivity contribution in [1.29, 1.82) is 0 Å². The Morgan fingerprint density at radius 2 is 2.16 bits per heavy atom. The SMILES string of the molecule is Cc1sc2nc(C3COCCO3)nc(NN)c2c1C. The van der Waals surface area contributed by atoms with Gasteiger partial charge in [0.1, 0.15) is 10.9 Å². The summed E-state index contributed by atoms with van der Waals surface area (Å²) in [7, 11) is 0. The maximum absolute atomic E-state index is 5.64. The normalized spacial score (nSPS) is 19.8. The van der Waals surface area contributed by atoms with Crippen molar-refractivity contribution in [3.8, 4) is 0 Å². The Morgan fingerprint density at radius 1 is 1.32 bits per heavy atom. The summed E-state index contributed by atoms with van der Waals surface area (Å²) in [4.78, 5) is 11.2. The number of nitrogens with one attached hydrogen (secondary N) is 1. The Balaban J connectivity index is 2.11. The molecule has 2 aromatic rings. The molecule has 0 aliphatic carbocycles. The summed E-state index contributed by atoms with van der Waals surface area (Å²) in [5.74, 6) is 6.86. The third-order valence-electron chi connectivity index (χ3n) is 3.29. The molecule has 1 atom stereocenters. The molecule has 1 saturated heterocycles. The van der Waals surface area contributed by atoms with Crippen LogP contribution in [0.2, 0.25) is 0 Å². The largest absolute Gasteiger partial charge is 0.376 e. The second-order valence-electron chi connectivity index (χ2n) is 4.47. The van der Waals surface area contributed by atoms with Gasteiger partial charge in [0, 0.05) is 4.88 Å². The van der Waals surface area contributed by atoms with Crippen LogP contribution < -0.4 is 11.3 Å². The molecule has 0 spiro atoms. The van der Waals surface area contributed by atoms with Crippen molar-refractivity contribution in [1.82, 2.24) is 9.97 Å². The average molecular weight is 280 g/mol. The van der Waals surface area contributed by atoms with E-state index in [1.807, 2.05) is 0 Å². The fourth-order valence-corrected chi connectivity index (χ4v) is 3.19. The van der Waals surface area contributed by atoms with E-state index in [2.05, 4.69) is 29.2 Å². The Hall–Kier alpha value is -1.28. The molecule has 7 heteroatoms. The van der Waals surface area contributed by atoms with E-state index in [0.29, 0.717) is 31.5 Å². The predicted molar refractivity (Wildman–Crippen MR) is 74.2 cm³/mol. The number of nitrogens with zero attached hydrogens (tertiary/aromatic N) is 2. The highest BCUT2D eigenvalue weighted by Gasteiger charge is 2.22. The van der Waals surface area contributed by atoms with Crippen molar-refractivity contribution < 1.29 is 9.47 Å². The first-order valence-corrected chi connectivity index (χ1v) is 6.96. The van der Waals surface area contributed by atoms with E-state index in [9.17, 15) is 0 Å². The molecule has 2 aromatic heterocycles. The van der Waals surface area contributed by atoms with Crippen molar-refractivity contribution in [3.63, 3.8) is 0 Å². The van der Waals surface area contributed by atoms with Gasteiger partial charge in [-0.15, -0.1) is 11.3 Å². The number of hydrogen-bond acceptors (Lipinski definition) is 7. The van der Waals surface area contributed by atoms with Crippen molar-refractivity contribution in [2.75, 3.05) is 25.2 Å². The Morgan fingerprint density at radius 3 is 2.84 bits per heavy atom. The van der Waals surface area contributed by atoms with Gasteiger partial charge in [0.2, 0.25) is 0 Å². The number of hydrazine groups is 1. The molecular weight excluding hydrogens is 264 g/mol. The van der Waals surface area contributed by atoms with Crippen LogP contribution in [0.3, 0.4) is 0 Å². The summed E-state index contributed by atoms with van der Waals surface area (Å²) in [6, 6.07) is 0. The monoisotopic (exact) mass is 280 g/mol. The fourth-order valence-electron chi connectivity index (χ4n) is 2.15. The summed E-state index contributed by atoms with van der Waals surface area (Å²) in [5, 5.41) is 0.991. The van der Waals surface area contributed by atoms with Crippen LogP contribution in [0.5, 0.6) is 0 Å². The van der Waals surface area contributed by atoms with Crippen LogP contribution in [-0.2, 0) is 9.47 Å². The molecule has 3 N–H and O–H groups in total. The molecule has 0 aromatic carbocycles. The molecule has 1 unspecified atom stereocenters. The summed E-state index contributed by atoms with van der Waals surface area (Å²) in [6.07, 6.45) is -0.215. The van der Waals surface area contributed by atoms with Gasteiger partial charge in [-0.05, 0) is 19.4 Å². The van der Waals surface area contributed by atoms with Gasteiger partial charge in [-0.1, -0.05) is 0 Å². The zero-order valence-electron chi connectivity index (χ0n) is 10.9. The molecule has 19 heavy (non-hydrogen) atoms. The Kier molecular flexibility index (Phi) is 3.36. The highest BCUT2D eigenvalue weighted by atomic mass is 32.1. The lowest BCUT2D eigenvalue weighted by atomic mass is 10.2. The molecule has 0 amide bonds. The molecule has 1 fully saturated rings. The highest BCUT2D eigenvalue weighted by molar-refractivity contribution is 7.18. The lowest BCUT2D eigenvalue weighted by molar-refractivity contribution is -0.0933. The molecule has 1 aliphatic rings. The van der Waals surface area contributed by atoms with Crippen molar-refractivity contribution in [2.45, 2.75) is 20.0 Å². The van der Waals surface area contributed by atoms with E-state index < -0.39 is 0 Å². The minimum absolute atomic E-state index is 0.215. The number of rotatable bonds is 2. The van der Waals surface area contributed by atoms with E-state index in [4.69, 9.17) is 15.3 Å². The molecule has 3 heterocycles. The smallest absolute Gasteiger partial charge is 0.163 e. The van der Waals surface area contributed by atoms with E-state index in [1.165, 1.54) is 10.4 Å². The molecule has 0 saturated carbocycles. The molecule has 1 aliphatic heterocycles. The third kappa shape index (κ3) is 2.18. The van der Waals surface area contributed by atoms with Crippen LogP contribution in [-0.4, -0.2) is 29.8 Å². The number of fused-ring (bicyclic) bond motifs is 1. The van der Waals surface area contributed by atoms with Crippen LogP contribution in [0.4, 0.5) is 5.82 Å². The van der Waals surface area contributed by atoms with Crippen molar-refractivity contribution in [2.24, 2.45) is 5.84 Å². The van der Waals surface area contributed by atoms with E-state index >= 15 is 0 Å². The van der Waals surface area contributed by atoms with E-state index in [0.717, 1.165) is 10.2 Å². The maximum atomic E-state index is 5.64. The molecule has 0 bridgehead atoms. The van der Waals surface area contributed by atoms with Gasteiger partial charge in [-0.25, -0.2) is 15.8 Å². The van der Waals surface area contributed by atoms with Crippen molar-refractivity contribution in [3.05, 3.63) is 16.3 Å². The van der Waals surface area contributed by atoms with Gasteiger partial charge in [0.25, 0.3) is 0 Å². The number of anilines is 1. The first kappa shape index (κ1) is 12.7. The Bertz CT molecular complexity index is 607. The zero-order valence-corrected chi connectivity index (χ0v) is 11.7.